The van der Waals surface area contributed by atoms with E-state index in [4.69, 9.17) is 4.74 Å². The van der Waals surface area contributed by atoms with Crippen molar-refractivity contribution >= 4 is 21.7 Å². The van der Waals surface area contributed by atoms with Gasteiger partial charge in [0.25, 0.3) is 0 Å². The van der Waals surface area contributed by atoms with Crippen molar-refractivity contribution in [3.63, 3.8) is 0 Å². The molecule has 2 atom stereocenters. The molecule has 8 nitrogen and oxygen atoms in total. The van der Waals surface area contributed by atoms with Crippen LogP contribution in [0.5, 0.6) is 5.75 Å². The number of hydrogen-bond donors (Lipinski definition) is 0. The van der Waals surface area contributed by atoms with E-state index >= 15 is 0 Å². The van der Waals surface area contributed by atoms with Crippen molar-refractivity contribution in [2.75, 3.05) is 58.9 Å². The average Bonchev–Trinajstić information content (AvgIpc) is 2.73. The Morgan fingerprint density at radius 1 is 1.13 bits per heavy atom. The van der Waals surface area contributed by atoms with Crippen molar-refractivity contribution in [1.82, 2.24) is 14.7 Å². The van der Waals surface area contributed by atoms with E-state index in [9.17, 15) is 18.0 Å². The molecule has 2 saturated heterocycles. The van der Waals surface area contributed by atoms with Gasteiger partial charge in [-0.25, -0.2) is 8.42 Å². The molecule has 2 unspecified atom stereocenters. The van der Waals surface area contributed by atoms with Gasteiger partial charge >= 0.3 is 0 Å². The molecule has 2 heterocycles. The normalized spacial score (nSPS) is 23.5. The van der Waals surface area contributed by atoms with Crippen LogP contribution in [0.4, 0.5) is 0 Å². The summed E-state index contributed by atoms with van der Waals surface area (Å²) in [6.07, 6.45) is 2.15. The van der Waals surface area contributed by atoms with Crippen LogP contribution in [0.3, 0.4) is 0 Å². The second-order valence-electron chi connectivity index (χ2n) is 8.16. The fourth-order valence-electron chi connectivity index (χ4n) is 4.28. The first-order valence-corrected chi connectivity index (χ1v) is 12.3. The maximum absolute atomic E-state index is 13.4. The van der Waals surface area contributed by atoms with E-state index in [2.05, 4.69) is 4.90 Å². The first-order chi connectivity index (χ1) is 14.2. The van der Waals surface area contributed by atoms with Crippen molar-refractivity contribution < 1.29 is 22.7 Å². The van der Waals surface area contributed by atoms with Crippen LogP contribution in [0.25, 0.3) is 0 Å². The molecular formula is C21H31N3O5S. The Balaban J connectivity index is 1.69. The summed E-state index contributed by atoms with van der Waals surface area (Å²) in [5.74, 6) is 0.694. The van der Waals surface area contributed by atoms with Crippen LogP contribution in [0.15, 0.2) is 24.3 Å². The van der Waals surface area contributed by atoms with Crippen LogP contribution in [0, 0.1) is 5.92 Å². The molecular weight excluding hydrogens is 406 g/mol. The molecule has 30 heavy (non-hydrogen) atoms. The van der Waals surface area contributed by atoms with Gasteiger partial charge in [-0.05, 0) is 24.1 Å². The second-order valence-corrected chi connectivity index (χ2v) is 10.4. The third-order valence-corrected chi connectivity index (χ3v) is 7.02. The number of piperidine rings is 1. The predicted molar refractivity (Wildman–Crippen MR) is 114 cm³/mol. The highest BCUT2D eigenvalue weighted by molar-refractivity contribution is 7.90. The number of hydrogen-bond acceptors (Lipinski definition) is 6. The molecule has 1 aromatic rings. The molecule has 0 radical (unpaired) electrons. The number of piperazine rings is 1. The van der Waals surface area contributed by atoms with Gasteiger partial charge in [0.05, 0.1) is 24.8 Å². The van der Waals surface area contributed by atoms with Crippen LogP contribution < -0.4 is 4.74 Å². The molecule has 0 aliphatic carbocycles. The van der Waals surface area contributed by atoms with Crippen LogP contribution in [-0.4, -0.2) is 93.8 Å². The Kier molecular flexibility index (Phi) is 7.02. The number of carbonyl (C=O) groups is 2. The molecule has 2 amide bonds. The largest absolute Gasteiger partial charge is 0.497 e. The zero-order valence-electron chi connectivity index (χ0n) is 17.9. The van der Waals surface area contributed by atoms with Crippen molar-refractivity contribution in [3.05, 3.63) is 29.8 Å². The maximum Gasteiger partial charge on any atom is 0.228 e. The fourth-order valence-corrected chi connectivity index (χ4v) is 4.86. The quantitative estimate of drug-likeness (QED) is 0.654. The van der Waals surface area contributed by atoms with Crippen LogP contribution in [0.2, 0.25) is 0 Å². The molecule has 2 aliphatic rings. The van der Waals surface area contributed by atoms with E-state index < -0.39 is 9.84 Å². The molecule has 0 spiro atoms. The van der Waals surface area contributed by atoms with Gasteiger partial charge in [-0.2, -0.15) is 0 Å². The zero-order chi connectivity index (χ0) is 21.9. The number of sulfone groups is 1. The predicted octanol–water partition coefficient (Wildman–Crippen LogP) is 0.794. The van der Waals surface area contributed by atoms with Crippen molar-refractivity contribution in [1.29, 1.82) is 0 Å². The van der Waals surface area contributed by atoms with Crippen molar-refractivity contribution in [3.8, 4) is 5.75 Å². The summed E-state index contributed by atoms with van der Waals surface area (Å²) in [6.45, 7) is 2.97. The number of benzene rings is 1. The fraction of sp³-hybridized carbons (Fsp3) is 0.619. The van der Waals surface area contributed by atoms with Gasteiger partial charge in [0.2, 0.25) is 11.8 Å². The van der Waals surface area contributed by atoms with Gasteiger partial charge in [0.1, 0.15) is 15.6 Å². The summed E-state index contributed by atoms with van der Waals surface area (Å²) in [7, 11) is 0.375. The van der Waals surface area contributed by atoms with Gasteiger partial charge in [0, 0.05) is 52.4 Å². The van der Waals surface area contributed by atoms with Gasteiger partial charge < -0.3 is 14.5 Å². The molecule has 0 bridgehead atoms. The highest BCUT2D eigenvalue weighted by Crippen LogP contribution is 2.37. The third kappa shape index (κ3) is 5.31. The monoisotopic (exact) mass is 437 g/mol. The summed E-state index contributed by atoms with van der Waals surface area (Å²) in [6, 6.07) is 7.24. The highest BCUT2D eigenvalue weighted by atomic mass is 32.2. The van der Waals surface area contributed by atoms with Crippen LogP contribution in [-0.2, 0) is 19.4 Å². The molecule has 0 saturated carbocycles. The Morgan fingerprint density at radius 3 is 2.33 bits per heavy atom. The van der Waals surface area contributed by atoms with Crippen LogP contribution in [0.1, 0.15) is 24.4 Å². The standard InChI is InChI=1S/C21H31N3O5S/c1-22-19(25)9-8-18(20(22)16-4-6-17(29-2)7-5-16)21(26)24-12-10-23(11-13-24)14-15-30(3,27)28/h4-7,18,20H,8-15H2,1-3H3. The Hall–Kier alpha value is -2.13. The number of nitrogens with zero attached hydrogens (tertiary/aromatic N) is 3. The summed E-state index contributed by atoms with van der Waals surface area (Å²) in [5, 5.41) is 0. The lowest BCUT2D eigenvalue weighted by atomic mass is 9.83. The van der Waals surface area contributed by atoms with E-state index in [1.807, 2.05) is 29.2 Å². The summed E-state index contributed by atoms with van der Waals surface area (Å²) < 4.78 is 28.0. The zero-order valence-corrected chi connectivity index (χ0v) is 18.7. The molecule has 0 aromatic heterocycles. The second kappa shape index (κ2) is 9.34. The first-order valence-electron chi connectivity index (χ1n) is 10.3. The summed E-state index contributed by atoms with van der Waals surface area (Å²) >= 11 is 0. The van der Waals surface area contributed by atoms with E-state index in [1.165, 1.54) is 6.26 Å². The molecule has 0 N–H and O–H groups in total. The minimum absolute atomic E-state index is 0.0467. The Morgan fingerprint density at radius 2 is 1.77 bits per heavy atom. The van der Waals surface area contributed by atoms with E-state index in [-0.39, 0.29) is 29.5 Å². The van der Waals surface area contributed by atoms with E-state index in [1.54, 1.807) is 19.1 Å². The molecule has 166 valence electrons. The van der Waals surface area contributed by atoms with Gasteiger partial charge in [-0.1, -0.05) is 12.1 Å². The SMILES string of the molecule is COc1ccc(C2C(C(=O)N3CCN(CCS(C)(=O)=O)CC3)CCC(=O)N2C)cc1. The number of carbonyl (C=O) groups excluding carboxylic acids is 2. The first kappa shape index (κ1) is 22.6. The minimum atomic E-state index is -2.99. The smallest absolute Gasteiger partial charge is 0.228 e. The van der Waals surface area contributed by atoms with Gasteiger partial charge in [-0.15, -0.1) is 0 Å². The third-order valence-electron chi connectivity index (χ3n) is 6.10. The molecule has 2 fully saturated rings. The lowest BCUT2D eigenvalue weighted by Crippen LogP contribution is -2.53. The Labute approximate surface area is 178 Å². The number of rotatable bonds is 6. The number of likely N-dealkylation sites (tertiary alicyclic amines) is 1. The lowest BCUT2D eigenvalue weighted by molar-refractivity contribution is -0.147. The highest BCUT2D eigenvalue weighted by Gasteiger charge is 2.41. The van der Waals surface area contributed by atoms with E-state index in [0.717, 1.165) is 11.3 Å². The van der Waals surface area contributed by atoms with Crippen molar-refractivity contribution in [2.24, 2.45) is 5.92 Å². The Bertz CT molecular complexity index is 863. The number of amides is 2. The minimum Gasteiger partial charge on any atom is -0.497 e. The maximum atomic E-state index is 13.4. The number of methoxy groups -OCH3 is 1. The van der Waals surface area contributed by atoms with E-state index in [0.29, 0.717) is 45.6 Å². The lowest BCUT2D eigenvalue weighted by Gasteiger charge is -2.42. The molecule has 9 heteroatoms. The van der Waals surface area contributed by atoms with Gasteiger partial charge in [0.15, 0.2) is 0 Å². The van der Waals surface area contributed by atoms with Crippen LogP contribution >= 0.6 is 0 Å². The average molecular weight is 438 g/mol. The molecule has 1 aromatic carbocycles. The molecule has 3 rings (SSSR count). The summed E-state index contributed by atoms with van der Waals surface area (Å²) in [4.78, 5) is 31.4. The summed E-state index contributed by atoms with van der Waals surface area (Å²) in [5.41, 5.74) is 0.927. The number of ether oxygens (including phenoxy) is 1. The van der Waals surface area contributed by atoms with Gasteiger partial charge in [-0.3, -0.25) is 14.5 Å². The van der Waals surface area contributed by atoms with Crippen molar-refractivity contribution in [2.45, 2.75) is 18.9 Å². The topological polar surface area (TPSA) is 87.2 Å². The molecule has 2 aliphatic heterocycles.